The standard InChI is InChI=1S/C54H38N2/c1-3-13-39(14-4-1)41-23-25-42(26-24-41)44-29-35-47(36-30-44)55(46-33-27-43(28-34-46)40-15-5-2-6-16-40)48-37-31-45(32-38-48)49-17-7-10-20-52(49)56-53-21-11-8-18-50(53)51-19-9-12-22-54(51)56/h1-38H/i27D,28D,29D,30D,33D,34D,35D,36D. The Bertz CT molecular complexity index is 3290. The van der Waals surface area contributed by atoms with Crippen molar-refractivity contribution in [3.63, 3.8) is 0 Å². The SMILES string of the molecule is [2H]c1c([2H])c(N(c2ccc(-c3ccccc3-n3c4ccccc4c4ccccc43)cc2)c2c([2H])c([2H])c(-c3ccc(-c4ccccc4)cc3)c([2H])c2[2H])c([2H])c([2H])c1-c1ccccc1. The summed E-state index contributed by atoms with van der Waals surface area (Å²) in [7, 11) is 0. The van der Waals surface area contributed by atoms with Crippen LogP contribution in [0.3, 0.4) is 0 Å². The topological polar surface area (TPSA) is 8.17 Å². The molecule has 1 aromatic heterocycles. The van der Waals surface area contributed by atoms with Crippen molar-refractivity contribution in [2.45, 2.75) is 0 Å². The normalized spacial score (nSPS) is 13.2. The van der Waals surface area contributed by atoms with E-state index in [4.69, 9.17) is 0 Å². The molecule has 2 heteroatoms. The maximum absolute atomic E-state index is 9.52. The van der Waals surface area contributed by atoms with Crippen LogP contribution < -0.4 is 4.90 Å². The second-order valence-electron chi connectivity index (χ2n) is 13.5. The molecule has 0 saturated carbocycles. The van der Waals surface area contributed by atoms with Crippen molar-refractivity contribution < 1.29 is 11.0 Å². The number of hydrogen-bond donors (Lipinski definition) is 0. The number of anilines is 3. The van der Waals surface area contributed by atoms with Gasteiger partial charge in [-0.25, -0.2) is 0 Å². The number of hydrogen-bond acceptors (Lipinski definition) is 1. The largest absolute Gasteiger partial charge is 0.311 e. The number of benzene rings is 9. The highest BCUT2D eigenvalue weighted by Gasteiger charge is 2.17. The van der Waals surface area contributed by atoms with Gasteiger partial charge in [0.2, 0.25) is 0 Å². The monoisotopic (exact) mass is 722 g/mol. The number of para-hydroxylation sites is 3. The number of rotatable bonds is 8. The summed E-state index contributed by atoms with van der Waals surface area (Å²) >= 11 is 0. The molecule has 0 radical (unpaired) electrons. The average Bonchev–Trinajstić information content (AvgIpc) is 3.67. The second kappa shape index (κ2) is 14.4. The first-order chi connectivity index (χ1) is 31.1. The Kier molecular flexibility index (Phi) is 6.59. The molecule has 0 unspecified atom stereocenters. The fourth-order valence-corrected chi connectivity index (χ4v) is 7.44. The highest BCUT2D eigenvalue weighted by Crippen LogP contribution is 2.40. The number of nitrogens with zero attached hydrogens (tertiary/aromatic N) is 2. The van der Waals surface area contributed by atoms with Crippen molar-refractivity contribution in [2.75, 3.05) is 4.90 Å². The van der Waals surface area contributed by atoms with Crippen LogP contribution in [0.4, 0.5) is 17.1 Å². The van der Waals surface area contributed by atoms with Gasteiger partial charge in [-0.2, -0.15) is 0 Å². The van der Waals surface area contributed by atoms with Gasteiger partial charge in [-0.15, -0.1) is 0 Å². The Balaban J connectivity index is 1.15. The molecule has 10 aromatic rings. The van der Waals surface area contributed by atoms with Gasteiger partial charge in [0.25, 0.3) is 0 Å². The molecule has 2 nitrogen and oxygen atoms in total. The molecule has 0 aliphatic heterocycles. The third-order valence-corrected chi connectivity index (χ3v) is 10.2. The maximum atomic E-state index is 9.52. The number of fused-ring (bicyclic) bond motifs is 3. The summed E-state index contributed by atoms with van der Waals surface area (Å²) in [5.74, 6) is 0. The molecule has 0 aliphatic rings. The smallest absolute Gasteiger partial charge is 0.0645 e. The van der Waals surface area contributed by atoms with Gasteiger partial charge < -0.3 is 9.47 Å². The minimum Gasteiger partial charge on any atom is -0.311 e. The van der Waals surface area contributed by atoms with Crippen LogP contribution in [0, 0.1) is 0 Å². The van der Waals surface area contributed by atoms with Gasteiger partial charge in [0.1, 0.15) is 0 Å². The Morgan fingerprint density at radius 2 is 0.696 bits per heavy atom. The Morgan fingerprint density at radius 3 is 1.23 bits per heavy atom. The van der Waals surface area contributed by atoms with Gasteiger partial charge in [0.15, 0.2) is 0 Å². The van der Waals surface area contributed by atoms with Crippen LogP contribution in [-0.4, -0.2) is 4.57 Å². The lowest BCUT2D eigenvalue weighted by molar-refractivity contribution is 1.18. The molecule has 264 valence electrons. The summed E-state index contributed by atoms with van der Waals surface area (Å²) < 4.78 is 77.3. The van der Waals surface area contributed by atoms with Gasteiger partial charge in [-0.3, -0.25) is 0 Å². The summed E-state index contributed by atoms with van der Waals surface area (Å²) in [6.07, 6.45) is 0. The van der Waals surface area contributed by atoms with E-state index < -0.39 is 24.2 Å². The summed E-state index contributed by atoms with van der Waals surface area (Å²) in [5, 5.41) is 2.26. The molecule has 0 spiro atoms. The molecular formula is C54H38N2. The molecule has 10 rings (SSSR count). The van der Waals surface area contributed by atoms with Gasteiger partial charge >= 0.3 is 0 Å². The fourth-order valence-electron chi connectivity index (χ4n) is 7.44. The van der Waals surface area contributed by atoms with E-state index in [-0.39, 0.29) is 46.7 Å². The minimum atomic E-state index is -0.395. The molecule has 0 saturated heterocycles. The van der Waals surface area contributed by atoms with Crippen LogP contribution in [0.5, 0.6) is 0 Å². The first kappa shape index (κ1) is 25.6. The predicted molar refractivity (Wildman–Crippen MR) is 237 cm³/mol. The zero-order valence-corrected chi connectivity index (χ0v) is 30.2. The van der Waals surface area contributed by atoms with E-state index in [0.717, 1.165) is 49.7 Å². The first-order valence-electron chi connectivity index (χ1n) is 22.5. The van der Waals surface area contributed by atoms with Gasteiger partial charge in [-0.1, -0.05) is 176 Å². The van der Waals surface area contributed by atoms with Crippen LogP contribution in [0.1, 0.15) is 11.0 Å². The zero-order chi connectivity index (χ0) is 44.2. The third-order valence-electron chi connectivity index (χ3n) is 10.2. The maximum Gasteiger partial charge on any atom is 0.0645 e. The highest BCUT2D eigenvalue weighted by molar-refractivity contribution is 6.09. The Hall–Kier alpha value is -7.42. The van der Waals surface area contributed by atoms with Crippen molar-refractivity contribution in [1.29, 1.82) is 0 Å². The molecule has 0 fully saturated rings. The van der Waals surface area contributed by atoms with Crippen LogP contribution in [0.15, 0.2) is 230 Å². The van der Waals surface area contributed by atoms with Crippen LogP contribution >= 0.6 is 0 Å². The Labute approximate surface area is 339 Å². The van der Waals surface area contributed by atoms with Crippen LogP contribution in [0.2, 0.25) is 0 Å². The summed E-state index contributed by atoms with van der Waals surface area (Å²) in [4.78, 5) is 1.35. The quantitative estimate of drug-likeness (QED) is 0.152. The fraction of sp³-hybridized carbons (Fsp3) is 0. The summed E-state index contributed by atoms with van der Waals surface area (Å²) in [6.45, 7) is 0. The minimum absolute atomic E-state index is 0.106. The van der Waals surface area contributed by atoms with E-state index in [1.165, 1.54) is 4.90 Å². The van der Waals surface area contributed by atoms with E-state index in [2.05, 4.69) is 34.9 Å². The van der Waals surface area contributed by atoms with Crippen molar-refractivity contribution >= 4 is 38.9 Å². The van der Waals surface area contributed by atoms with Crippen molar-refractivity contribution in [3.05, 3.63) is 230 Å². The molecule has 1 heterocycles. The van der Waals surface area contributed by atoms with Gasteiger partial charge in [-0.05, 0) is 93.4 Å². The highest BCUT2D eigenvalue weighted by atomic mass is 15.1. The van der Waals surface area contributed by atoms with Crippen molar-refractivity contribution in [3.8, 4) is 50.2 Å². The molecule has 56 heavy (non-hydrogen) atoms. The van der Waals surface area contributed by atoms with Crippen LogP contribution in [-0.2, 0) is 0 Å². The van der Waals surface area contributed by atoms with E-state index in [0.29, 0.717) is 16.8 Å². The molecular weight excluding hydrogens is 677 g/mol. The van der Waals surface area contributed by atoms with E-state index in [9.17, 15) is 11.0 Å². The summed E-state index contributed by atoms with van der Waals surface area (Å²) in [5.41, 5.74) is 7.92. The second-order valence-corrected chi connectivity index (χ2v) is 13.5. The zero-order valence-electron chi connectivity index (χ0n) is 38.2. The molecule has 0 N–H and O–H groups in total. The molecule has 0 amide bonds. The van der Waals surface area contributed by atoms with E-state index in [1.807, 2.05) is 103 Å². The molecule has 0 atom stereocenters. The molecule has 0 aliphatic carbocycles. The predicted octanol–water partition coefficient (Wildman–Crippen LogP) is 14.9. The lowest BCUT2D eigenvalue weighted by Crippen LogP contribution is -2.09. The van der Waals surface area contributed by atoms with Crippen molar-refractivity contribution in [2.24, 2.45) is 0 Å². The van der Waals surface area contributed by atoms with Crippen LogP contribution in [0.25, 0.3) is 72.0 Å². The lowest BCUT2D eigenvalue weighted by Gasteiger charge is -2.26. The summed E-state index contributed by atoms with van der Waals surface area (Å²) in [6, 6.07) is 55.2. The van der Waals surface area contributed by atoms with E-state index in [1.54, 1.807) is 48.5 Å². The van der Waals surface area contributed by atoms with Gasteiger partial charge in [0, 0.05) is 33.4 Å². The van der Waals surface area contributed by atoms with Gasteiger partial charge in [0.05, 0.1) is 27.7 Å². The molecule has 0 bridgehead atoms. The first-order valence-corrected chi connectivity index (χ1v) is 18.5. The number of aromatic nitrogens is 1. The Morgan fingerprint density at radius 1 is 0.304 bits per heavy atom. The molecule has 9 aromatic carbocycles. The van der Waals surface area contributed by atoms with E-state index >= 15 is 0 Å². The van der Waals surface area contributed by atoms with Crippen molar-refractivity contribution in [1.82, 2.24) is 4.57 Å². The third kappa shape index (κ3) is 6.14. The lowest BCUT2D eigenvalue weighted by atomic mass is 10.00. The average molecular weight is 723 g/mol.